The van der Waals surface area contributed by atoms with E-state index in [2.05, 4.69) is 17.2 Å². The third kappa shape index (κ3) is 5.08. The van der Waals surface area contributed by atoms with E-state index in [1.165, 1.54) is 17.8 Å². The summed E-state index contributed by atoms with van der Waals surface area (Å²) in [5, 5.41) is 5.93. The first-order chi connectivity index (χ1) is 12.9. The summed E-state index contributed by atoms with van der Waals surface area (Å²) in [6.45, 7) is 3.73. The Labute approximate surface area is 168 Å². The zero-order chi connectivity index (χ0) is 19.4. The summed E-state index contributed by atoms with van der Waals surface area (Å²) < 4.78 is 5.32. The molecule has 1 aliphatic rings. The molecule has 0 aliphatic heterocycles. The second kappa shape index (κ2) is 8.85. The lowest BCUT2D eigenvalue weighted by Gasteiger charge is -2.30. The van der Waals surface area contributed by atoms with Crippen molar-refractivity contribution >= 4 is 34.8 Å². The van der Waals surface area contributed by atoms with Crippen molar-refractivity contribution in [3.8, 4) is 10.6 Å². The zero-order valence-electron chi connectivity index (χ0n) is 15.4. The fourth-order valence-electron chi connectivity index (χ4n) is 3.23. The normalized spacial score (nSPS) is 20.7. The van der Waals surface area contributed by atoms with Gasteiger partial charge in [-0.05, 0) is 37.8 Å². The van der Waals surface area contributed by atoms with Gasteiger partial charge in [-0.1, -0.05) is 43.5 Å². The minimum Gasteiger partial charge on any atom is -0.448 e. The molecule has 5 nitrogen and oxygen atoms in total. The molecule has 3 atom stereocenters. The first-order valence-electron chi connectivity index (χ1n) is 9.17. The third-order valence-corrected chi connectivity index (χ3v) is 6.00. The summed E-state index contributed by atoms with van der Waals surface area (Å²) in [4.78, 5) is 29.0. The lowest BCUT2D eigenvalue weighted by Crippen LogP contribution is -2.46. The fourth-order valence-corrected chi connectivity index (χ4v) is 4.20. The van der Waals surface area contributed by atoms with Gasteiger partial charge in [-0.2, -0.15) is 0 Å². The molecule has 1 N–H and O–H groups in total. The number of hydrogen-bond acceptors (Lipinski definition) is 5. The predicted molar refractivity (Wildman–Crippen MR) is 107 cm³/mol. The van der Waals surface area contributed by atoms with Crippen LogP contribution in [-0.2, 0) is 9.53 Å². The molecular weight excluding hydrogens is 384 g/mol. The number of halogens is 1. The van der Waals surface area contributed by atoms with Gasteiger partial charge in [-0.15, -0.1) is 11.3 Å². The zero-order valence-corrected chi connectivity index (χ0v) is 17.0. The second-order valence-electron chi connectivity index (χ2n) is 6.97. The maximum absolute atomic E-state index is 12.4. The Morgan fingerprint density at radius 3 is 2.85 bits per heavy atom. The van der Waals surface area contributed by atoms with Crippen molar-refractivity contribution in [2.45, 2.75) is 51.7 Å². The molecule has 0 saturated heterocycles. The van der Waals surface area contributed by atoms with Crippen LogP contribution in [0.3, 0.4) is 0 Å². The van der Waals surface area contributed by atoms with Crippen LogP contribution in [-0.4, -0.2) is 29.0 Å². The molecule has 2 aromatic rings. The Morgan fingerprint density at radius 2 is 2.11 bits per heavy atom. The second-order valence-corrected chi connectivity index (χ2v) is 8.27. The number of carbonyl (C=O) groups is 2. The molecule has 0 bridgehead atoms. The summed E-state index contributed by atoms with van der Waals surface area (Å²) in [6, 6.07) is 7.43. The summed E-state index contributed by atoms with van der Waals surface area (Å²) in [7, 11) is 0. The van der Waals surface area contributed by atoms with Gasteiger partial charge in [-0.3, -0.25) is 4.79 Å². The number of hydrogen-bond donors (Lipinski definition) is 1. The van der Waals surface area contributed by atoms with Gasteiger partial charge in [0.15, 0.2) is 11.8 Å². The van der Waals surface area contributed by atoms with Gasteiger partial charge in [0.1, 0.15) is 5.01 Å². The average Bonchev–Trinajstić information content (AvgIpc) is 3.14. The molecular formula is C20H23ClN2O3S. The van der Waals surface area contributed by atoms with E-state index in [1.54, 1.807) is 24.4 Å². The largest absolute Gasteiger partial charge is 0.448 e. The van der Waals surface area contributed by atoms with Gasteiger partial charge in [0.25, 0.3) is 5.91 Å². The number of ether oxygens (including phenoxy) is 1. The SMILES string of the molecule is C[C@@H](OC(=O)c1csc(-c2cccc(Cl)c2)n1)C(=O)N[C@@H]1CCCC[C@@H]1C. The molecule has 1 amide bonds. The van der Waals surface area contributed by atoms with Crippen molar-refractivity contribution < 1.29 is 14.3 Å². The molecule has 7 heteroatoms. The van der Waals surface area contributed by atoms with Crippen LogP contribution in [0.4, 0.5) is 0 Å². The Bertz CT molecular complexity index is 823. The lowest BCUT2D eigenvalue weighted by molar-refractivity contribution is -0.130. The van der Waals surface area contributed by atoms with Crippen LogP contribution in [0.2, 0.25) is 5.02 Å². The number of benzene rings is 1. The highest BCUT2D eigenvalue weighted by Crippen LogP contribution is 2.27. The van der Waals surface area contributed by atoms with Crippen molar-refractivity contribution in [1.29, 1.82) is 0 Å². The maximum atomic E-state index is 12.4. The Balaban J connectivity index is 1.59. The van der Waals surface area contributed by atoms with E-state index < -0.39 is 12.1 Å². The van der Waals surface area contributed by atoms with Gasteiger partial charge in [0.05, 0.1) is 0 Å². The van der Waals surface area contributed by atoms with Crippen LogP contribution in [0, 0.1) is 5.92 Å². The number of thiazole rings is 1. The standard InChI is InChI=1S/C20H23ClN2O3S/c1-12-6-3-4-9-16(12)22-18(24)13(2)26-20(25)17-11-27-19(23-17)14-7-5-8-15(21)10-14/h5,7-8,10-13,16H,3-4,6,9H2,1-2H3,(H,22,24)/t12-,13+,16+/m0/s1. The summed E-state index contributed by atoms with van der Waals surface area (Å²) >= 11 is 7.33. The van der Waals surface area contributed by atoms with E-state index >= 15 is 0 Å². The number of nitrogens with zero attached hydrogens (tertiary/aromatic N) is 1. The highest BCUT2D eigenvalue weighted by Gasteiger charge is 2.27. The molecule has 0 unspecified atom stereocenters. The van der Waals surface area contributed by atoms with Gasteiger partial charge in [-0.25, -0.2) is 9.78 Å². The molecule has 144 valence electrons. The Kier molecular flexibility index (Phi) is 6.50. The first-order valence-corrected chi connectivity index (χ1v) is 10.4. The molecule has 3 rings (SSSR count). The van der Waals surface area contributed by atoms with E-state index in [1.807, 2.05) is 12.1 Å². The molecule has 1 aromatic heterocycles. The van der Waals surface area contributed by atoms with Crippen molar-refractivity contribution in [2.75, 3.05) is 0 Å². The molecule has 1 heterocycles. The van der Waals surface area contributed by atoms with Crippen LogP contribution in [0.5, 0.6) is 0 Å². The minimum atomic E-state index is -0.858. The van der Waals surface area contributed by atoms with Gasteiger partial charge < -0.3 is 10.1 Å². The summed E-state index contributed by atoms with van der Waals surface area (Å²) in [5.74, 6) is -0.407. The van der Waals surface area contributed by atoms with E-state index in [9.17, 15) is 9.59 Å². The Hall–Kier alpha value is -1.92. The summed E-state index contributed by atoms with van der Waals surface area (Å²) in [5.41, 5.74) is 1.03. The molecule has 27 heavy (non-hydrogen) atoms. The van der Waals surface area contributed by atoms with Crippen LogP contribution in [0.25, 0.3) is 10.6 Å². The molecule has 0 radical (unpaired) electrons. The molecule has 1 aliphatic carbocycles. The topological polar surface area (TPSA) is 68.3 Å². The van der Waals surface area contributed by atoms with E-state index in [0.29, 0.717) is 15.9 Å². The number of nitrogens with one attached hydrogen (secondary N) is 1. The lowest BCUT2D eigenvalue weighted by atomic mass is 9.86. The van der Waals surface area contributed by atoms with E-state index in [0.717, 1.165) is 24.8 Å². The number of rotatable bonds is 5. The molecule has 1 aromatic carbocycles. The van der Waals surface area contributed by atoms with Crippen molar-refractivity contribution in [3.05, 3.63) is 40.4 Å². The molecule has 1 fully saturated rings. The van der Waals surface area contributed by atoms with Crippen LogP contribution >= 0.6 is 22.9 Å². The maximum Gasteiger partial charge on any atom is 0.358 e. The van der Waals surface area contributed by atoms with Crippen LogP contribution in [0.1, 0.15) is 50.0 Å². The van der Waals surface area contributed by atoms with Crippen molar-refractivity contribution in [1.82, 2.24) is 10.3 Å². The van der Waals surface area contributed by atoms with E-state index in [-0.39, 0.29) is 17.6 Å². The average molecular weight is 407 g/mol. The number of aromatic nitrogens is 1. The van der Waals surface area contributed by atoms with Gasteiger partial charge in [0, 0.05) is 22.0 Å². The quantitative estimate of drug-likeness (QED) is 0.730. The van der Waals surface area contributed by atoms with Crippen LogP contribution < -0.4 is 5.32 Å². The smallest absolute Gasteiger partial charge is 0.358 e. The van der Waals surface area contributed by atoms with Crippen molar-refractivity contribution in [2.24, 2.45) is 5.92 Å². The predicted octanol–water partition coefficient (Wildman–Crippen LogP) is 4.70. The van der Waals surface area contributed by atoms with Crippen LogP contribution in [0.15, 0.2) is 29.6 Å². The fraction of sp³-hybridized carbons (Fsp3) is 0.450. The Morgan fingerprint density at radius 1 is 1.33 bits per heavy atom. The summed E-state index contributed by atoms with van der Waals surface area (Å²) in [6.07, 6.45) is 3.56. The van der Waals surface area contributed by atoms with Crippen molar-refractivity contribution in [3.63, 3.8) is 0 Å². The number of amides is 1. The highest BCUT2D eigenvalue weighted by molar-refractivity contribution is 7.13. The van der Waals surface area contributed by atoms with Gasteiger partial charge in [0.2, 0.25) is 0 Å². The minimum absolute atomic E-state index is 0.154. The molecule has 0 spiro atoms. The van der Waals surface area contributed by atoms with Gasteiger partial charge >= 0.3 is 5.97 Å². The monoisotopic (exact) mass is 406 g/mol. The van der Waals surface area contributed by atoms with E-state index in [4.69, 9.17) is 16.3 Å². The number of esters is 1. The molecule has 1 saturated carbocycles. The highest BCUT2D eigenvalue weighted by atomic mass is 35.5. The first kappa shape index (κ1) is 19.8. The third-order valence-electron chi connectivity index (χ3n) is 4.88. The number of carbonyl (C=O) groups excluding carboxylic acids is 2.